The van der Waals surface area contributed by atoms with Gasteiger partial charge in [0.1, 0.15) is 11.9 Å². The fourth-order valence-corrected chi connectivity index (χ4v) is 3.68. The van der Waals surface area contributed by atoms with Gasteiger partial charge in [0.25, 0.3) is 0 Å². The van der Waals surface area contributed by atoms with Gasteiger partial charge >= 0.3 is 0 Å². The van der Waals surface area contributed by atoms with E-state index in [4.69, 9.17) is 9.62 Å². The van der Waals surface area contributed by atoms with Crippen LogP contribution in [0.1, 0.15) is 70.0 Å². The van der Waals surface area contributed by atoms with E-state index in [1.807, 2.05) is 24.3 Å². The molecule has 0 saturated heterocycles. The minimum Gasteiger partial charge on any atom is -0.497 e. The average molecular weight is 306 g/mol. The van der Waals surface area contributed by atoms with Crippen LogP contribution in [0, 0.1) is 11.8 Å². The van der Waals surface area contributed by atoms with Crippen LogP contribution >= 0.6 is 0 Å². The average Bonchev–Trinajstić information content (AvgIpc) is 2.58. The van der Waals surface area contributed by atoms with E-state index < -0.39 is 0 Å². The van der Waals surface area contributed by atoms with Crippen molar-refractivity contribution < 1.29 is 14.9 Å². The molecule has 124 valence electrons. The largest absolute Gasteiger partial charge is 0.497 e. The molecule has 0 aliphatic heterocycles. The molecule has 3 nitrogen and oxygen atoms in total. The van der Waals surface area contributed by atoms with Crippen LogP contribution in [0.25, 0.3) is 0 Å². The highest BCUT2D eigenvalue weighted by molar-refractivity contribution is 5.28. The summed E-state index contributed by atoms with van der Waals surface area (Å²) < 4.78 is 5.19. The van der Waals surface area contributed by atoms with Gasteiger partial charge in [-0.2, -0.15) is 0 Å². The van der Waals surface area contributed by atoms with Crippen molar-refractivity contribution in [1.82, 2.24) is 0 Å². The Kier molecular flexibility index (Phi) is 7.20. The summed E-state index contributed by atoms with van der Waals surface area (Å²) in [4.78, 5) is 4.84. The molecule has 0 bridgehead atoms. The smallest absolute Gasteiger partial charge is 0.120 e. The van der Waals surface area contributed by atoms with Crippen molar-refractivity contribution >= 4 is 0 Å². The molecule has 1 aromatic rings. The number of rotatable bonds is 8. The lowest BCUT2D eigenvalue weighted by atomic mass is 9.76. The quantitative estimate of drug-likeness (QED) is 0.385. The Labute approximate surface area is 134 Å². The Morgan fingerprint density at radius 1 is 1.09 bits per heavy atom. The summed E-state index contributed by atoms with van der Waals surface area (Å²) in [6.45, 7) is 2.26. The normalized spacial score (nSPS) is 23.2. The zero-order valence-corrected chi connectivity index (χ0v) is 14.0. The molecule has 22 heavy (non-hydrogen) atoms. The molecule has 1 aliphatic rings. The molecule has 0 radical (unpaired) electrons. The van der Waals surface area contributed by atoms with E-state index in [1.54, 1.807) is 7.11 Å². The summed E-state index contributed by atoms with van der Waals surface area (Å²) in [7, 11) is 1.66. The van der Waals surface area contributed by atoms with E-state index in [2.05, 4.69) is 6.92 Å². The van der Waals surface area contributed by atoms with Crippen molar-refractivity contribution in [2.75, 3.05) is 7.11 Å². The topological polar surface area (TPSA) is 38.7 Å². The van der Waals surface area contributed by atoms with E-state index in [1.165, 1.54) is 38.5 Å². The molecule has 1 aromatic carbocycles. The molecule has 0 heterocycles. The first-order valence-electron chi connectivity index (χ1n) is 8.72. The predicted molar refractivity (Wildman–Crippen MR) is 89.0 cm³/mol. The van der Waals surface area contributed by atoms with Crippen molar-refractivity contribution in [2.45, 2.75) is 64.4 Å². The highest BCUT2D eigenvalue weighted by Crippen LogP contribution is 2.40. The third-order valence-corrected chi connectivity index (χ3v) is 5.09. The van der Waals surface area contributed by atoms with Gasteiger partial charge < -0.3 is 4.74 Å². The number of methoxy groups -OCH3 is 1. The van der Waals surface area contributed by atoms with Gasteiger partial charge in [0.05, 0.1) is 7.11 Å². The first-order chi connectivity index (χ1) is 10.8. The minimum atomic E-state index is -0.206. The molecular weight excluding hydrogens is 276 g/mol. The third-order valence-electron chi connectivity index (χ3n) is 5.09. The lowest BCUT2D eigenvalue weighted by Gasteiger charge is -2.32. The summed E-state index contributed by atoms with van der Waals surface area (Å²) in [6.07, 6.45) is 10.0. The molecule has 1 atom stereocenters. The molecule has 1 fully saturated rings. The first kappa shape index (κ1) is 17.3. The van der Waals surface area contributed by atoms with Gasteiger partial charge in [-0.1, -0.05) is 57.6 Å². The second-order valence-electron chi connectivity index (χ2n) is 6.58. The molecule has 1 saturated carbocycles. The molecule has 2 rings (SSSR count). The van der Waals surface area contributed by atoms with Crippen LogP contribution in [0.15, 0.2) is 24.3 Å². The van der Waals surface area contributed by atoms with Crippen LogP contribution in [-0.2, 0) is 4.89 Å². The number of benzene rings is 1. The fraction of sp³-hybridized carbons (Fsp3) is 0.684. The van der Waals surface area contributed by atoms with Crippen molar-refractivity contribution in [3.63, 3.8) is 0 Å². The fourth-order valence-electron chi connectivity index (χ4n) is 3.68. The van der Waals surface area contributed by atoms with Crippen LogP contribution in [0.2, 0.25) is 0 Å². The van der Waals surface area contributed by atoms with Crippen LogP contribution in [0.5, 0.6) is 5.75 Å². The molecule has 0 spiro atoms. The minimum absolute atomic E-state index is 0.206. The van der Waals surface area contributed by atoms with Gasteiger partial charge in [-0.25, -0.2) is 4.89 Å². The Morgan fingerprint density at radius 2 is 1.77 bits per heavy atom. The monoisotopic (exact) mass is 306 g/mol. The molecule has 3 heteroatoms. The second kappa shape index (κ2) is 9.16. The van der Waals surface area contributed by atoms with E-state index >= 15 is 0 Å². The van der Waals surface area contributed by atoms with Crippen LogP contribution in [-0.4, -0.2) is 12.4 Å². The summed E-state index contributed by atoms with van der Waals surface area (Å²) in [5.41, 5.74) is 1.04. The number of hydrogen-bond acceptors (Lipinski definition) is 3. The maximum Gasteiger partial charge on any atom is 0.120 e. The first-order valence-corrected chi connectivity index (χ1v) is 8.72. The van der Waals surface area contributed by atoms with E-state index in [9.17, 15) is 5.26 Å². The molecule has 1 aliphatic carbocycles. The van der Waals surface area contributed by atoms with Gasteiger partial charge in [-0.15, -0.1) is 0 Å². The summed E-state index contributed by atoms with van der Waals surface area (Å²) in [6, 6.07) is 7.84. The Bertz CT molecular complexity index is 407. The summed E-state index contributed by atoms with van der Waals surface area (Å²) >= 11 is 0. The molecular formula is C19H30O3. The molecule has 1 N–H and O–H groups in total. The lowest BCUT2D eigenvalue weighted by molar-refractivity contribution is -0.296. The SMILES string of the molecule is CCCCCC1CCC(C(OO)c2ccc(OC)cc2)CC1. The summed E-state index contributed by atoms with van der Waals surface area (Å²) in [5.74, 6) is 2.12. The summed E-state index contributed by atoms with van der Waals surface area (Å²) in [5, 5.41) is 9.37. The predicted octanol–water partition coefficient (Wildman–Crippen LogP) is 5.61. The van der Waals surface area contributed by atoms with Gasteiger partial charge in [0, 0.05) is 0 Å². The van der Waals surface area contributed by atoms with E-state index in [-0.39, 0.29) is 6.10 Å². The second-order valence-corrected chi connectivity index (χ2v) is 6.58. The number of hydrogen-bond donors (Lipinski definition) is 1. The van der Waals surface area contributed by atoms with Crippen molar-refractivity contribution in [3.05, 3.63) is 29.8 Å². The standard InChI is InChI=1S/C19H30O3/c1-3-4-5-6-15-7-9-16(10-8-15)19(22-20)17-11-13-18(21-2)14-12-17/h11-16,19-20H,3-10H2,1-2H3. The Morgan fingerprint density at radius 3 is 2.32 bits per heavy atom. The molecule has 0 aromatic heterocycles. The zero-order chi connectivity index (χ0) is 15.8. The lowest BCUT2D eigenvalue weighted by Crippen LogP contribution is -2.22. The van der Waals surface area contributed by atoms with Crippen LogP contribution in [0.4, 0.5) is 0 Å². The molecule has 1 unspecified atom stereocenters. The van der Waals surface area contributed by atoms with Gasteiger partial charge in [-0.3, -0.25) is 5.26 Å². The van der Waals surface area contributed by atoms with Crippen molar-refractivity contribution in [2.24, 2.45) is 11.8 Å². The van der Waals surface area contributed by atoms with Gasteiger partial charge in [0.2, 0.25) is 0 Å². The Hall–Kier alpha value is -1.06. The van der Waals surface area contributed by atoms with E-state index in [0.717, 1.165) is 30.1 Å². The van der Waals surface area contributed by atoms with Crippen LogP contribution in [0.3, 0.4) is 0 Å². The van der Waals surface area contributed by atoms with Crippen molar-refractivity contribution in [1.29, 1.82) is 0 Å². The highest BCUT2D eigenvalue weighted by atomic mass is 17.1. The molecule has 0 amide bonds. The highest BCUT2D eigenvalue weighted by Gasteiger charge is 2.29. The van der Waals surface area contributed by atoms with Crippen molar-refractivity contribution in [3.8, 4) is 5.75 Å². The number of ether oxygens (including phenoxy) is 1. The van der Waals surface area contributed by atoms with Gasteiger partial charge in [-0.05, 0) is 42.4 Å². The maximum atomic E-state index is 9.37. The Balaban J connectivity index is 1.87. The van der Waals surface area contributed by atoms with Crippen LogP contribution < -0.4 is 4.74 Å². The number of unbranched alkanes of at least 4 members (excludes halogenated alkanes) is 2. The van der Waals surface area contributed by atoms with E-state index in [0.29, 0.717) is 5.92 Å². The maximum absolute atomic E-state index is 9.37. The zero-order valence-electron chi connectivity index (χ0n) is 14.0. The van der Waals surface area contributed by atoms with Gasteiger partial charge in [0.15, 0.2) is 0 Å². The third kappa shape index (κ3) is 4.72.